The molecule has 1 saturated carbocycles. The Balaban J connectivity index is 1.09. The van der Waals surface area contributed by atoms with Crippen molar-refractivity contribution in [1.29, 1.82) is 0 Å². The Kier molecular flexibility index (Phi) is 7.57. The molecule has 8 nitrogen and oxygen atoms in total. The highest BCUT2D eigenvalue weighted by atomic mass is 19.4. The van der Waals surface area contributed by atoms with Crippen LogP contribution in [0.5, 0.6) is 5.75 Å². The van der Waals surface area contributed by atoms with Crippen molar-refractivity contribution in [2.45, 2.75) is 82.8 Å². The molecule has 5 aliphatic rings. The second kappa shape index (κ2) is 10.9. The number of rotatable bonds is 4. The lowest BCUT2D eigenvalue weighted by atomic mass is 9.61. The zero-order valence-electron chi connectivity index (χ0n) is 23.6. The Morgan fingerprint density at radius 1 is 1.15 bits per heavy atom. The number of carbonyl (C=O) groups is 1. The highest BCUT2D eigenvalue weighted by Gasteiger charge is 2.46. The lowest BCUT2D eigenvalue weighted by Crippen LogP contribution is -2.59. The second-order valence-electron chi connectivity index (χ2n) is 12.7. The van der Waals surface area contributed by atoms with E-state index in [-0.39, 0.29) is 35.2 Å². The summed E-state index contributed by atoms with van der Waals surface area (Å²) >= 11 is 0. The highest BCUT2D eigenvalue weighted by Crippen LogP contribution is 2.49. The van der Waals surface area contributed by atoms with E-state index in [9.17, 15) is 28.2 Å². The maximum atomic E-state index is 13.2. The summed E-state index contributed by atoms with van der Waals surface area (Å²) in [5, 5.41) is 24.7. The van der Waals surface area contributed by atoms with Gasteiger partial charge in [0.05, 0.1) is 23.9 Å². The van der Waals surface area contributed by atoms with Gasteiger partial charge < -0.3 is 15.1 Å². The zero-order valence-corrected chi connectivity index (χ0v) is 23.6. The van der Waals surface area contributed by atoms with Crippen LogP contribution in [0.25, 0.3) is 0 Å². The number of aliphatic hydroxyl groups is 1. The molecule has 1 spiro atoms. The van der Waals surface area contributed by atoms with Crippen LogP contribution < -0.4 is 5.43 Å². The van der Waals surface area contributed by atoms with Crippen LogP contribution in [-0.2, 0) is 11.0 Å². The molecule has 41 heavy (non-hydrogen) atoms. The third-order valence-corrected chi connectivity index (χ3v) is 10.1. The Morgan fingerprint density at radius 2 is 1.90 bits per heavy atom. The predicted molar refractivity (Wildman–Crippen MR) is 148 cm³/mol. The number of piperidine rings is 3. The monoisotopic (exact) mass is 575 g/mol. The number of aliphatic hydroxyl groups excluding tert-OH is 1. The summed E-state index contributed by atoms with van der Waals surface area (Å²) in [4.78, 5) is 19.9. The van der Waals surface area contributed by atoms with Crippen LogP contribution in [0.2, 0.25) is 0 Å². The zero-order chi connectivity index (χ0) is 28.9. The number of nitrogens with zero attached hydrogens (tertiary/aromatic N) is 4. The minimum absolute atomic E-state index is 0.110. The molecule has 4 fully saturated rings. The number of nitrogens with one attached hydrogen (secondary N) is 1. The Bertz CT molecular complexity index is 1230. The molecule has 2 unspecified atom stereocenters. The molecule has 0 radical (unpaired) electrons. The van der Waals surface area contributed by atoms with Gasteiger partial charge in [-0.3, -0.25) is 20.0 Å². The number of benzene rings is 1. The summed E-state index contributed by atoms with van der Waals surface area (Å²) in [5.41, 5.74) is 5.42. The molecule has 6 rings (SSSR count). The van der Waals surface area contributed by atoms with Gasteiger partial charge in [-0.25, -0.2) is 0 Å². The number of carbonyl (C=O) groups excluding carboxylic acids is 1. The van der Waals surface area contributed by atoms with Crippen molar-refractivity contribution < 1.29 is 28.2 Å². The van der Waals surface area contributed by atoms with Gasteiger partial charge in [0, 0.05) is 37.8 Å². The van der Waals surface area contributed by atoms with Crippen molar-refractivity contribution >= 4 is 11.6 Å². The number of hydrogen-bond acceptors (Lipinski definition) is 7. The Labute approximate surface area is 238 Å². The highest BCUT2D eigenvalue weighted by molar-refractivity contribution is 6.14. The van der Waals surface area contributed by atoms with Crippen LogP contribution >= 0.6 is 0 Å². The van der Waals surface area contributed by atoms with Gasteiger partial charge in [0.15, 0.2) is 0 Å². The Morgan fingerprint density at radius 3 is 2.59 bits per heavy atom. The first-order chi connectivity index (χ1) is 19.5. The van der Waals surface area contributed by atoms with Crippen LogP contribution in [-0.4, -0.2) is 94.1 Å². The number of hydrogen-bond donors (Lipinski definition) is 3. The summed E-state index contributed by atoms with van der Waals surface area (Å²) in [6, 6.07) is 3.28. The molecule has 3 N–H and O–H groups in total. The topological polar surface area (TPSA) is 91.6 Å². The number of amides is 1. The van der Waals surface area contributed by atoms with Crippen LogP contribution in [0.1, 0.15) is 69.4 Å². The number of aromatic hydroxyl groups is 1. The molecule has 2 atom stereocenters. The molecule has 1 aliphatic carbocycles. The van der Waals surface area contributed by atoms with Crippen LogP contribution in [0.3, 0.4) is 0 Å². The Hall–Kier alpha value is -2.63. The first-order valence-corrected chi connectivity index (χ1v) is 14.9. The van der Waals surface area contributed by atoms with Crippen molar-refractivity contribution in [3.05, 3.63) is 40.5 Å². The van der Waals surface area contributed by atoms with Crippen molar-refractivity contribution in [1.82, 2.24) is 20.1 Å². The van der Waals surface area contributed by atoms with E-state index in [0.717, 1.165) is 107 Å². The molecule has 4 aliphatic heterocycles. The van der Waals surface area contributed by atoms with Gasteiger partial charge in [0.1, 0.15) is 11.9 Å². The van der Waals surface area contributed by atoms with Crippen molar-refractivity contribution in [3.63, 3.8) is 0 Å². The summed E-state index contributed by atoms with van der Waals surface area (Å²) in [6.45, 7) is 6.52. The van der Waals surface area contributed by atoms with E-state index in [2.05, 4.69) is 20.3 Å². The van der Waals surface area contributed by atoms with Gasteiger partial charge in [0.25, 0.3) is 0 Å². The van der Waals surface area contributed by atoms with Crippen molar-refractivity contribution in [2.75, 3.05) is 39.3 Å². The number of phenols is 1. The number of alkyl halides is 3. The minimum atomic E-state index is -4.53. The van der Waals surface area contributed by atoms with Crippen molar-refractivity contribution in [3.8, 4) is 5.75 Å². The van der Waals surface area contributed by atoms with E-state index in [0.29, 0.717) is 12.3 Å². The van der Waals surface area contributed by atoms with E-state index in [4.69, 9.17) is 0 Å². The van der Waals surface area contributed by atoms with Gasteiger partial charge in [0.2, 0.25) is 5.91 Å². The number of phenolic OH excluding ortho intramolecular Hbond substituents is 1. The third-order valence-electron chi connectivity index (χ3n) is 10.1. The molecule has 1 aromatic rings. The largest absolute Gasteiger partial charge is 0.507 e. The summed E-state index contributed by atoms with van der Waals surface area (Å²) < 4.78 is 39.3. The average Bonchev–Trinajstić information content (AvgIpc) is 2.92. The molecule has 11 heteroatoms. The molecular weight excluding hydrogens is 535 g/mol. The molecular formula is C30H40F3N5O3. The number of hydrazone groups is 1. The number of likely N-dealkylation sites (tertiary alicyclic amines) is 3. The first-order valence-electron chi connectivity index (χ1n) is 14.9. The fraction of sp³-hybridized carbons (Fsp3) is 0.667. The van der Waals surface area contributed by atoms with E-state index >= 15 is 0 Å². The first kappa shape index (κ1) is 28.5. The number of fused-ring (bicyclic) bond motifs is 1. The SMILES string of the molecule is CC1=C2CCCN(C3CCCN(CC(=O)N4CCC5(CC4)CC(O)C5)C3)C2NN=C1c1ccc(C(F)(F)F)cc1O. The van der Waals surface area contributed by atoms with Crippen LogP contribution in [0.15, 0.2) is 34.4 Å². The lowest BCUT2D eigenvalue weighted by Gasteiger charge is -2.50. The maximum Gasteiger partial charge on any atom is 0.416 e. The van der Waals surface area contributed by atoms with Gasteiger partial charge in [-0.2, -0.15) is 18.3 Å². The minimum Gasteiger partial charge on any atom is -0.507 e. The van der Waals surface area contributed by atoms with Gasteiger partial charge in [-0.15, -0.1) is 0 Å². The predicted octanol–water partition coefficient (Wildman–Crippen LogP) is 3.68. The summed E-state index contributed by atoms with van der Waals surface area (Å²) in [5.74, 6) is -0.245. The molecule has 1 aromatic carbocycles. The summed E-state index contributed by atoms with van der Waals surface area (Å²) in [7, 11) is 0. The molecule has 3 saturated heterocycles. The fourth-order valence-electron chi connectivity index (χ4n) is 7.70. The van der Waals surface area contributed by atoms with E-state index < -0.39 is 17.5 Å². The molecule has 0 aromatic heterocycles. The third kappa shape index (κ3) is 5.60. The average molecular weight is 576 g/mol. The molecule has 4 heterocycles. The van der Waals surface area contributed by atoms with E-state index in [1.165, 1.54) is 6.07 Å². The van der Waals surface area contributed by atoms with Gasteiger partial charge in [-0.05, 0) is 99.6 Å². The van der Waals surface area contributed by atoms with Gasteiger partial charge in [-0.1, -0.05) is 0 Å². The molecule has 224 valence electrons. The molecule has 1 amide bonds. The fourth-order valence-corrected chi connectivity index (χ4v) is 7.70. The van der Waals surface area contributed by atoms with E-state index in [1.54, 1.807) is 0 Å². The maximum absolute atomic E-state index is 13.2. The van der Waals surface area contributed by atoms with Crippen molar-refractivity contribution in [2.24, 2.45) is 10.5 Å². The number of allylic oxidation sites excluding steroid dienone is 1. The van der Waals surface area contributed by atoms with Crippen LogP contribution in [0.4, 0.5) is 13.2 Å². The smallest absolute Gasteiger partial charge is 0.416 e. The number of halogens is 3. The van der Waals surface area contributed by atoms with E-state index in [1.807, 2.05) is 11.8 Å². The molecule has 0 bridgehead atoms. The standard InChI is InChI=1S/C30H40F3N5O3/c1-19-23-5-3-11-38(28(23)35-34-27(19)24-7-6-20(14-25(24)40)30(31,32)33)21-4-2-10-36(17-21)18-26(41)37-12-8-29(9-13-37)15-22(39)16-29/h6-7,14,21-22,28,35,39-40H,2-5,8-13,15-18H2,1H3. The second-order valence-corrected chi connectivity index (χ2v) is 12.7. The van der Waals surface area contributed by atoms with Crippen LogP contribution in [0, 0.1) is 5.41 Å². The van der Waals surface area contributed by atoms with Gasteiger partial charge >= 0.3 is 6.18 Å². The lowest BCUT2D eigenvalue weighted by molar-refractivity contribution is -0.139. The summed E-state index contributed by atoms with van der Waals surface area (Å²) in [6.07, 6.45) is 2.77. The normalized spacial score (nSPS) is 27.7. The quantitative estimate of drug-likeness (QED) is 0.508.